The van der Waals surface area contributed by atoms with Crippen molar-refractivity contribution in [2.75, 3.05) is 27.4 Å². The topological polar surface area (TPSA) is 207 Å². The minimum absolute atomic E-state index is 0.0530. The second-order valence-corrected chi connectivity index (χ2v) is 21.9. The molecule has 76 heavy (non-hydrogen) atoms. The number of ether oxygens (including phenoxy) is 5. The average Bonchev–Trinajstić information content (AvgIpc) is 4.20. The van der Waals surface area contributed by atoms with Crippen molar-refractivity contribution in [3.8, 4) is 45.3 Å². The Hall–Kier alpha value is -7.41. The Morgan fingerprint density at radius 1 is 0.803 bits per heavy atom. The number of aryl methyl sites for hydroxylation is 1. The lowest BCUT2D eigenvalue weighted by Gasteiger charge is -2.38. The number of fused-ring (bicyclic) bond motifs is 7. The summed E-state index contributed by atoms with van der Waals surface area (Å²) in [6.45, 7) is 8.86. The number of imidazole rings is 2. The summed E-state index contributed by atoms with van der Waals surface area (Å²) in [5.41, 5.74) is 6.46. The zero-order chi connectivity index (χ0) is 52.7. The van der Waals surface area contributed by atoms with Crippen LogP contribution in [-0.4, -0.2) is 116 Å². The number of likely N-dealkylation sites (tertiary alicyclic amines) is 2. The Labute approximate surface area is 439 Å². The average molecular weight is 1040 g/mol. The molecule has 1 saturated carbocycles. The number of alkyl carbamates (subject to hydrolysis) is 2. The van der Waals surface area contributed by atoms with Gasteiger partial charge in [0.05, 0.1) is 85.7 Å². The molecule has 4 fully saturated rings. The first-order chi connectivity index (χ1) is 36.7. The third-order valence-electron chi connectivity index (χ3n) is 16.5. The summed E-state index contributed by atoms with van der Waals surface area (Å²) in [4.78, 5) is 73.8. The Bertz CT molecular complexity index is 3250. The van der Waals surface area contributed by atoms with Crippen molar-refractivity contribution in [1.29, 1.82) is 0 Å². The predicted molar refractivity (Wildman–Crippen MR) is 278 cm³/mol. The van der Waals surface area contributed by atoms with Crippen LogP contribution in [0.2, 0.25) is 0 Å². The summed E-state index contributed by atoms with van der Waals surface area (Å²) in [6, 6.07) is 15.4. The fourth-order valence-corrected chi connectivity index (χ4v) is 12.8. The first kappa shape index (κ1) is 49.5. The number of piperidine rings is 1. The van der Waals surface area contributed by atoms with Gasteiger partial charge < -0.3 is 58.7 Å². The fraction of sp³-hybridized carbons (Fsp3) is 0.474. The molecule has 6 aliphatic rings. The maximum atomic E-state index is 17.1. The van der Waals surface area contributed by atoms with E-state index < -0.39 is 36.3 Å². The van der Waals surface area contributed by atoms with Crippen LogP contribution in [0.4, 0.5) is 14.0 Å². The lowest BCUT2D eigenvalue weighted by Crippen LogP contribution is -2.55. The van der Waals surface area contributed by atoms with Crippen molar-refractivity contribution >= 4 is 34.9 Å². The van der Waals surface area contributed by atoms with Crippen LogP contribution in [0, 0.1) is 23.6 Å². The molecule has 5 aliphatic heterocycles. The quantitative estimate of drug-likeness (QED) is 0.0962. The van der Waals surface area contributed by atoms with E-state index in [1.807, 2.05) is 67.5 Å². The minimum Gasteiger partial charge on any atom is -0.493 e. The van der Waals surface area contributed by atoms with Gasteiger partial charge in [0.25, 0.3) is 0 Å². The minimum atomic E-state index is -0.782. The maximum Gasteiger partial charge on any atom is 0.407 e. The van der Waals surface area contributed by atoms with Crippen molar-refractivity contribution in [3.05, 3.63) is 95.6 Å². The number of methoxy groups -OCH3 is 2. The number of benzene rings is 3. The van der Waals surface area contributed by atoms with E-state index in [1.54, 1.807) is 17.3 Å². The first-order valence-corrected chi connectivity index (χ1v) is 26.7. The van der Waals surface area contributed by atoms with Gasteiger partial charge in [-0.15, -0.1) is 0 Å². The van der Waals surface area contributed by atoms with Gasteiger partial charge in [-0.2, -0.15) is 0 Å². The number of carbonyl (C=O) groups excluding carboxylic acids is 4. The zero-order valence-corrected chi connectivity index (χ0v) is 43.6. The van der Waals surface area contributed by atoms with Crippen LogP contribution in [0.25, 0.3) is 44.7 Å². The standard InChI is InChI=1S/C57H64FN9O9/c1-28(2)49(63-56(70)72-5)53(68)65-15-7-10-42(65)51-59-27-40(62-51)34-20-38(58)48-44-22-35-19-32(13-14-41(35)67(44)55(76-47(48)25-34)33-12-11-31-9-8-16-74-46(31)24-33)39-26-60-52(61-39)45-23-36-21-43(36)66(45)54(69)50(64-57(71)73-6)37-17-29(3)75-30(4)18-37/h11-14,19-20,22,24-30,36-37,42-43,45,49-50,55H,7-10,15-18,21,23H2,1-6H3,(H,59,62)(H,60,61)(H,63,70)(H,64,71)/t29-,30+,36-,37?,42+,43-,45+,49+,50?,55?/m1/s1. The van der Waals surface area contributed by atoms with E-state index in [0.717, 1.165) is 71.1 Å². The van der Waals surface area contributed by atoms with Crippen LogP contribution in [-0.2, 0) is 30.2 Å². The summed E-state index contributed by atoms with van der Waals surface area (Å²) in [5, 5.41) is 6.45. The maximum absolute atomic E-state index is 17.1. The number of aromatic nitrogens is 5. The molecule has 3 aromatic carbocycles. The largest absolute Gasteiger partial charge is 0.493 e. The number of halogens is 1. The van der Waals surface area contributed by atoms with E-state index in [4.69, 9.17) is 33.7 Å². The molecule has 8 heterocycles. The van der Waals surface area contributed by atoms with Crippen molar-refractivity contribution in [1.82, 2.24) is 44.9 Å². The van der Waals surface area contributed by atoms with Crippen LogP contribution < -0.4 is 20.1 Å². The van der Waals surface area contributed by atoms with Crippen LogP contribution >= 0.6 is 0 Å². The van der Waals surface area contributed by atoms with Crippen molar-refractivity contribution < 1.29 is 47.3 Å². The number of aromatic amines is 2. The van der Waals surface area contributed by atoms with Crippen LogP contribution in [0.5, 0.6) is 11.5 Å². The highest BCUT2D eigenvalue weighted by atomic mass is 19.1. The highest BCUT2D eigenvalue weighted by Gasteiger charge is 2.57. The van der Waals surface area contributed by atoms with Gasteiger partial charge in [-0.1, -0.05) is 32.0 Å². The van der Waals surface area contributed by atoms with Crippen LogP contribution in [0.1, 0.15) is 114 Å². The van der Waals surface area contributed by atoms with E-state index >= 15 is 4.39 Å². The van der Waals surface area contributed by atoms with E-state index in [1.165, 1.54) is 20.3 Å². The summed E-state index contributed by atoms with van der Waals surface area (Å²) >= 11 is 0. The Morgan fingerprint density at radius 2 is 1.54 bits per heavy atom. The SMILES string of the molecule is COC(=O)NC(C(=O)N1[C@@H]2C[C@@H]2C[C@H]1c1ncc(-c2ccc3c(c2)cc2n3C(c3ccc4c(c3)OCCC4)Oc3cc(-c4cnc([C@@H]5CCCN5C(=O)[C@@H](NC(=O)OC)C(C)C)[nH]4)cc(F)c3-2)[nH]1)C1C[C@@H](C)O[C@@H](C)C1. The normalized spacial score (nSPS) is 25.1. The molecule has 19 heteroatoms. The van der Waals surface area contributed by atoms with Gasteiger partial charge in [-0.05, 0) is 125 Å². The second kappa shape index (κ2) is 19.6. The molecule has 0 bridgehead atoms. The molecule has 10 atom stereocenters. The molecule has 3 aromatic heterocycles. The lowest BCUT2D eigenvalue weighted by molar-refractivity contribution is -0.140. The molecular formula is C57H64FN9O9. The lowest BCUT2D eigenvalue weighted by atomic mass is 9.85. The molecule has 6 aromatic rings. The first-order valence-electron chi connectivity index (χ1n) is 26.7. The summed E-state index contributed by atoms with van der Waals surface area (Å²) < 4.78 is 48.1. The molecule has 0 radical (unpaired) electrons. The highest BCUT2D eigenvalue weighted by molar-refractivity contribution is 5.93. The number of hydrogen-bond donors (Lipinski definition) is 4. The van der Waals surface area contributed by atoms with Gasteiger partial charge in [-0.3, -0.25) is 9.59 Å². The number of carbonyl (C=O) groups is 4. The number of hydrogen-bond acceptors (Lipinski definition) is 11. The summed E-state index contributed by atoms with van der Waals surface area (Å²) in [5.74, 6) is 1.62. The van der Waals surface area contributed by atoms with Crippen LogP contribution in [0.3, 0.4) is 0 Å². The number of nitrogens with one attached hydrogen (secondary N) is 4. The van der Waals surface area contributed by atoms with Gasteiger partial charge in [0.1, 0.15) is 41.0 Å². The fourth-order valence-electron chi connectivity index (χ4n) is 12.8. The van der Waals surface area contributed by atoms with E-state index in [0.29, 0.717) is 78.2 Å². The van der Waals surface area contributed by atoms with E-state index in [-0.39, 0.29) is 54.0 Å². The molecule has 12 rings (SSSR count). The Morgan fingerprint density at radius 3 is 2.29 bits per heavy atom. The predicted octanol–water partition coefficient (Wildman–Crippen LogP) is 9.13. The molecule has 3 saturated heterocycles. The number of rotatable bonds is 11. The van der Waals surface area contributed by atoms with Gasteiger partial charge in [0, 0.05) is 34.7 Å². The van der Waals surface area contributed by atoms with E-state index in [9.17, 15) is 19.2 Å². The molecule has 4 N–H and O–H groups in total. The monoisotopic (exact) mass is 1040 g/mol. The Kier molecular flexibility index (Phi) is 12.8. The second-order valence-electron chi connectivity index (χ2n) is 21.9. The van der Waals surface area contributed by atoms with Gasteiger partial charge in [0.2, 0.25) is 18.0 Å². The van der Waals surface area contributed by atoms with Gasteiger partial charge >= 0.3 is 12.2 Å². The van der Waals surface area contributed by atoms with Crippen molar-refractivity contribution in [3.63, 3.8) is 0 Å². The van der Waals surface area contributed by atoms with E-state index in [2.05, 4.69) is 38.8 Å². The summed E-state index contributed by atoms with van der Waals surface area (Å²) in [7, 11) is 2.58. The molecular weight excluding hydrogens is 974 g/mol. The molecule has 0 spiro atoms. The number of amides is 4. The van der Waals surface area contributed by atoms with Gasteiger partial charge in [0.15, 0.2) is 0 Å². The zero-order valence-electron chi connectivity index (χ0n) is 43.6. The molecule has 4 amide bonds. The molecule has 18 nitrogen and oxygen atoms in total. The highest BCUT2D eigenvalue weighted by Crippen LogP contribution is 2.54. The number of nitrogens with zero attached hydrogens (tertiary/aromatic N) is 5. The summed E-state index contributed by atoms with van der Waals surface area (Å²) in [6.07, 6.45) is 7.56. The molecule has 1 aliphatic carbocycles. The number of H-pyrrole nitrogens is 2. The molecule has 3 unspecified atom stereocenters. The van der Waals surface area contributed by atoms with Gasteiger partial charge in [-0.25, -0.2) is 23.9 Å². The van der Waals surface area contributed by atoms with Crippen LogP contribution in [0.15, 0.2) is 67.0 Å². The van der Waals surface area contributed by atoms with Crippen molar-refractivity contribution in [2.24, 2.45) is 17.8 Å². The smallest absolute Gasteiger partial charge is 0.407 e. The third-order valence-corrected chi connectivity index (χ3v) is 16.5. The Balaban J connectivity index is 0.863. The van der Waals surface area contributed by atoms with Crippen molar-refractivity contribution in [2.45, 2.75) is 128 Å². The third kappa shape index (κ3) is 8.88. The molecule has 398 valence electrons.